The molecule has 0 bridgehead atoms. The van der Waals surface area contributed by atoms with E-state index in [9.17, 15) is 24.2 Å². The Kier molecular flexibility index (Phi) is 19.3. The summed E-state index contributed by atoms with van der Waals surface area (Å²) in [5.74, 6) is -1.15. The molecule has 1 heterocycles. The highest BCUT2D eigenvalue weighted by Gasteiger charge is 2.30. The average Bonchev–Trinajstić information content (AvgIpc) is 3.54. The first-order chi connectivity index (χ1) is 27.6. The number of aliphatic carboxylic acids is 1. The number of rotatable bonds is 28. The SMILES string of the molecule is CC(C)c1c(C(=O)Cc2ccc(OCCOCCOCCOCCOCCN)cc2)c(-c2ccccc2)c(-c2ccc(F)cc2)n1CC[C@@H](O)C[C@@H](O)CC(=O)O. The molecule has 1 aromatic heterocycles. The zero-order valence-electron chi connectivity index (χ0n) is 32.9. The van der Waals surface area contributed by atoms with Gasteiger partial charge in [-0.2, -0.15) is 0 Å². The molecule has 0 aliphatic carbocycles. The van der Waals surface area contributed by atoms with Gasteiger partial charge in [0.2, 0.25) is 0 Å². The fourth-order valence-electron chi connectivity index (χ4n) is 6.58. The van der Waals surface area contributed by atoms with Crippen LogP contribution < -0.4 is 10.5 Å². The number of Topliss-reactive ketones (excluding diaryl/α,β-unsaturated/α-hetero) is 1. The molecular weight excluding hydrogens is 735 g/mol. The van der Waals surface area contributed by atoms with Gasteiger partial charge in [0.1, 0.15) is 18.2 Å². The van der Waals surface area contributed by atoms with Crippen LogP contribution >= 0.6 is 0 Å². The summed E-state index contributed by atoms with van der Waals surface area (Å²) in [5, 5.41) is 30.2. The van der Waals surface area contributed by atoms with E-state index in [1.165, 1.54) is 12.1 Å². The van der Waals surface area contributed by atoms with Crippen molar-refractivity contribution in [2.45, 2.75) is 64.2 Å². The van der Waals surface area contributed by atoms with Crippen LogP contribution in [0.3, 0.4) is 0 Å². The fraction of sp³-hybridized carbons (Fsp3) is 0.455. The molecule has 13 heteroatoms. The molecule has 4 rings (SSSR count). The number of aliphatic hydroxyl groups is 2. The summed E-state index contributed by atoms with van der Waals surface area (Å²) in [6, 6.07) is 23.1. The number of halogens is 1. The van der Waals surface area contributed by atoms with Crippen molar-refractivity contribution >= 4 is 11.8 Å². The Balaban J connectivity index is 1.46. The molecule has 2 atom stereocenters. The topological polar surface area (TPSA) is 172 Å². The van der Waals surface area contributed by atoms with Crippen LogP contribution in [0.5, 0.6) is 5.75 Å². The number of carbonyl (C=O) groups excluding carboxylic acids is 1. The standard InChI is InChI=1S/C44H57FN2O10/c1-31(2)43-42(39(50)28-32-8-14-38(15-9-32)57-27-26-56-25-24-55-23-22-54-21-20-53-19-17-46)41(33-6-4-3-5-7-33)44(34-10-12-35(45)13-11-34)47(43)18-16-36(48)29-37(49)30-40(51)52/h3-15,31,36-37,48-49H,16-30,46H2,1-2H3,(H,51,52)/t36-,37-/m1/s1. The molecule has 0 aliphatic heterocycles. The zero-order chi connectivity index (χ0) is 41.0. The molecule has 0 radical (unpaired) electrons. The number of nitrogens with two attached hydrogens (primary N) is 1. The minimum atomic E-state index is -1.20. The molecule has 0 spiro atoms. The van der Waals surface area contributed by atoms with E-state index in [1.54, 1.807) is 12.1 Å². The zero-order valence-corrected chi connectivity index (χ0v) is 32.9. The van der Waals surface area contributed by atoms with Crippen molar-refractivity contribution in [2.75, 3.05) is 66.0 Å². The number of carboxylic acids is 1. The Bertz CT molecular complexity index is 1780. The summed E-state index contributed by atoms with van der Waals surface area (Å²) < 4.78 is 43.9. The summed E-state index contributed by atoms with van der Waals surface area (Å²) in [6.45, 7) is 8.81. The lowest BCUT2D eigenvalue weighted by Crippen LogP contribution is -2.22. The lowest BCUT2D eigenvalue weighted by molar-refractivity contribution is -0.139. The molecule has 0 unspecified atom stereocenters. The predicted octanol–water partition coefficient (Wildman–Crippen LogP) is 5.89. The van der Waals surface area contributed by atoms with E-state index in [4.69, 9.17) is 34.5 Å². The highest BCUT2D eigenvalue weighted by Crippen LogP contribution is 2.43. The Morgan fingerprint density at radius 1 is 0.737 bits per heavy atom. The monoisotopic (exact) mass is 792 g/mol. The number of ketones is 1. The second-order valence-electron chi connectivity index (χ2n) is 13.9. The Morgan fingerprint density at radius 2 is 1.32 bits per heavy atom. The van der Waals surface area contributed by atoms with Gasteiger partial charge in [0.25, 0.3) is 0 Å². The second kappa shape index (κ2) is 24.3. The van der Waals surface area contributed by atoms with Crippen LogP contribution in [-0.2, 0) is 36.7 Å². The Labute approximate surface area is 334 Å². The van der Waals surface area contributed by atoms with Crippen molar-refractivity contribution in [3.8, 4) is 28.1 Å². The van der Waals surface area contributed by atoms with E-state index in [1.807, 2.05) is 73.0 Å². The molecule has 0 saturated carbocycles. The summed E-state index contributed by atoms with van der Waals surface area (Å²) >= 11 is 0. The van der Waals surface area contributed by atoms with Gasteiger partial charge in [-0.3, -0.25) is 9.59 Å². The normalized spacial score (nSPS) is 12.5. The Hall–Kier alpha value is -4.47. The summed E-state index contributed by atoms with van der Waals surface area (Å²) in [4.78, 5) is 25.7. The highest BCUT2D eigenvalue weighted by molar-refractivity contribution is 6.08. The van der Waals surface area contributed by atoms with E-state index in [2.05, 4.69) is 0 Å². The maximum atomic E-state index is 14.6. The minimum absolute atomic E-state index is 0.104. The highest BCUT2D eigenvalue weighted by atomic mass is 19.1. The third kappa shape index (κ3) is 14.8. The number of aliphatic hydroxyl groups excluding tert-OH is 2. The third-order valence-corrected chi connectivity index (χ3v) is 9.11. The van der Waals surface area contributed by atoms with E-state index in [0.29, 0.717) is 94.1 Å². The van der Waals surface area contributed by atoms with Crippen molar-refractivity contribution in [3.05, 3.63) is 102 Å². The lowest BCUT2D eigenvalue weighted by Gasteiger charge is -2.20. The van der Waals surface area contributed by atoms with E-state index < -0.39 is 30.4 Å². The molecule has 12 nitrogen and oxygen atoms in total. The molecule has 57 heavy (non-hydrogen) atoms. The number of hydrogen-bond donors (Lipinski definition) is 4. The van der Waals surface area contributed by atoms with Crippen molar-refractivity contribution in [1.82, 2.24) is 4.57 Å². The number of carboxylic acid groups (broad SMARTS) is 1. The summed E-state index contributed by atoms with van der Waals surface area (Å²) in [7, 11) is 0. The second-order valence-corrected chi connectivity index (χ2v) is 13.9. The van der Waals surface area contributed by atoms with Gasteiger partial charge in [-0.25, -0.2) is 4.39 Å². The first-order valence-electron chi connectivity index (χ1n) is 19.5. The molecule has 5 N–H and O–H groups in total. The predicted molar refractivity (Wildman–Crippen MR) is 215 cm³/mol. The van der Waals surface area contributed by atoms with Crippen LogP contribution in [0.2, 0.25) is 0 Å². The van der Waals surface area contributed by atoms with Gasteiger partial charge in [0.05, 0.1) is 77.2 Å². The number of hydrogen-bond acceptors (Lipinski definition) is 10. The molecule has 310 valence electrons. The van der Waals surface area contributed by atoms with E-state index in [0.717, 1.165) is 16.8 Å². The van der Waals surface area contributed by atoms with Crippen LogP contribution in [0.25, 0.3) is 22.4 Å². The van der Waals surface area contributed by atoms with Gasteiger partial charge in [-0.05, 0) is 71.8 Å². The smallest absolute Gasteiger partial charge is 0.305 e. The van der Waals surface area contributed by atoms with Gasteiger partial charge in [-0.1, -0.05) is 56.3 Å². The number of aromatic nitrogens is 1. The minimum Gasteiger partial charge on any atom is -0.491 e. The van der Waals surface area contributed by atoms with Crippen molar-refractivity contribution in [1.29, 1.82) is 0 Å². The maximum Gasteiger partial charge on any atom is 0.305 e. The quantitative estimate of drug-likeness (QED) is 0.0399. The van der Waals surface area contributed by atoms with Gasteiger partial charge >= 0.3 is 5.97 Å². The van der Waals surface area contributed by atoms with Gasteiger partial charge in [0.15, 0.2) is 5.78 Å². The molecule has 0 fully saturated rings. The van der Waals surface area contributed by atoms with Crippen LogP contribution in [0.4, 0.5) is 4.39 Å². The van der Waals surface area contributed by atoms with Crippen molar-refractivity contribution in [2.24, 2.45) is 5.73 Å². The van der Waals surface area contributed by atoms with Crippen molar-refractivity contribution in [3.63, 3.8) is 0 Å². The molecule has 0 saturated heterocycles. The lowest BCUT2D eigenvalue weighted by atomic mass is 9.90. The molecule has 0 amide bonds. The molecule has 0 aliphatic rings. The first-order valence-corrected chi connectivity index (χ1v) is 19.5. The number of ether oxygens (including phenoxy) is 5. The Morgan fingerprint density at radius 3 is 1.88 bits per heavy atom. The van der Waals surface area contributed by atoms with Gasteiger partial charge in [-0.15, -0.1) is 0 Å². The average molecular weight is 793 g/mol. The van der Waals surface area contributed by atoms with Gasteiger partial charge < -0.3 is 49.3 Å². The van der Waals surface area contributed by atoms with E-state index >= 15 is 0 Å². The first kappa shape index (κ1) is 45.2. The molecular formula is C44H57FN2O10. The largest absolute Gasteiger partial charge is 0.491 e. The third-order valence-electron chi connectivity index (χ3n) is 9.11. The number of carbonyl (C=O) groups is 2. The summed E-state index contributed by atoms with van der Waals surface area (Å²) in [5.41, 5.74) is 10.4. The number of nitrogens with zero attached hydrogens (tertiary/aromatic N) is 1. The molecule has 3 aromatic carbocycles. The van der Waals surface area contributed by atoms with Gasteiger partial charge in [0, 0.05) is 36.3 Å². The van der Waals surface area contributed by atoms with Crippen LogP contribution in [-0.4, -0.2) is 110 Å². The van der Waals surface area contributed by atoms with Crippen molar-refractivity contribution < 1.29 is 53.0 Å². The van der Waals surface area contributed by atoms with E-state index in [-0.39, 0.29) is 37.5 Å². The van der Waals surface area contributed by atoms with Crippen LogP contribution in [0.1, 0.15) is 60.6 Å². The van der Waals surface area contributed by atoms with Crippen LogP contribution in [0.15, 0.2) is 78.9 Å². The molecule has 4 aromatic rings. The maximum absolute atomic E-state index is 14.6. The van der Waals surface area contributed by atoms with Crippen LogP contribution in [0, 0.1) is 5.82 Å². The summed E-state index contributed by atoms with van der Waals surface area (Å²) in [6.07, 6.45) is -2.50. The number of benzene rings is 3. The fourth-order valence-corrected chi connectivity index (χ4v) is 6.58.